The maximum absolute atomic E-state index is 12.3. The Morgan fingerprint density at radius 3 is 2.44 bits per heavy atom. The largest absolute Gasteiger partial charge is 0.444 e. The summed E-state index contributed by atoms with van der Waals surface area (Å²) >= 11 is 0. The molecule has 170 valence electrons. The molecule has 2 aromatic heterocycles. The molecule has 3 rings (SSSR count). The number of hydrogen-bond acceptors (Lipinski definition) is 6. The summed E-state index contributed by atoms with van der Waals surface area (Å²) in [5.41, 5.74) is 3.13. The van der Waals surface area contributed by atoms with Gasteiger partial charge in [-0.1, -0.05) is 30.3 Å². The number of nitrogens with one attached hydrogen (secondary N) is 2. The molecule has 0 radical (unpaired) electrons. The minimum Gasteiger partial charge on any atom is -0.444 e. The quantitative estimate of drug-likeness (QED) is 0.587. The van der Waals surface area contributed by atoms with Gasteiger partial charge in [0.05, 0.1) is 6.54 Å². The van der Waals surface area contributed by atoms with E-state index in [1.165, 1.54) is 0 Å². The van der Waals surface area contributed by atoms with Crippen LogP contribution in [0.5, 0.6) is 0 Å². The van der Waals surface area contributed by atoms with Crippen molar-refractivity contribution in [3.05, 3.63) is 58.7 Å². The fourth-order valence-corrected chi connectivity index (χ4v) is 3.28. The van der Waals surface area contributed by atoms with Gasteiger partial charge < -0.3 is 15.4 Å². The molecule has 0 unspecified atom stereocenters. The number of amides is 2. The van der Waals surface area contributed by atoms with E-state index in [1.54, 1.807) is 25.3 Å². The number of nitrogens with zero attached hydrogens (tertiary/aromatic N) is 4. The molecule has 9 nitrogen and oxygen atoms in total. The summed E-state index contributed by atoms with van der Waals surface area (Å²) in [4.78, 5) is 33.1. The van der Waals surface area contributed by atoms with Crippen molar-refractivity contribution in [3.63, 3.8) is 0 Å². The third kappa shape index (κ3) is 6.26. The Kier molecular flexibility index (Phi) is 7.07. The van der Waals surface area contributed by atoms with Gasteiger partial charge in [0.15, 0.2) is 5.82 Å². The van der Waals surface area contributed by atoms with Crippen LogP contribution in [0.2, 0.25) is 0 Å². The van der Waals surface area contributed by atoms with Gasteiger partial charge in [0, 0.05) is 24.4 Å². The van der Waals surface area contributed by atoms with Crippen LogP contribution in [0.3, 0.4) is 0 Å². The monoisotopic (exact) mass is 438 g/mol. The Hall–Kier alpha value is -3.49. The summed E-state index contributed by atoms with van der Waals surface area (Å²) in [5, 5.41) is 10.1. The highest BCUT2D eigenvalue weighted by Gasteiger charge is 2.18. The van der Waals surface area contributed by atoms with Gasteiger partial charge in [-0.2, -0.15) is 4.98 Å². The second kappa shape index (κ2) is 9.76. The van der Waals surface area contributed by atoms with E-state index in [2.05, 4.69) is 25.7 Å². The number of ether oxygens (including phenoxy) is 1. The maximum Gasteiger partial charge on any atom is 0.408 e. The van der Waals surface area contributed by atoms with Gasteiger partial charge in [0.25, 0.3) is 5.78 Å². The van der Waals surface area contributed by atoms with Crippen LogP contribution < -0.4 is 10.6 Å². The van der Waals surface area contributed by atoms with Crippen molar-refractivity contribution in [3.8, 4) is 0 Å². The van der Waals surface area contributed by atoms with Gasteiger partial charge in [-0.3, -0.25) is 4.79 Å². The Morgan fingerprint density at radius 2 is 1.75 bits per heavy atom. The van der Waals surface area contributed by atoms with E-state index in [4.69, 9.17) is 4.74 Å². The second-order valence-corrected chi connectivity index (χ2v) is 8.62. The third-order valence-electron chi connectivity index (χ3n) is 4.82. The molecule has 0 atom stereocenters. The molecule has 2 N–H and O–H groups in total. The lowest BCUT2D eigenvalue weighted by Gasteiger charge is -2.19. The van der Waals surface area contributed by atoms with Crippen LogP contribution in [0.25, 0.3) is 5.78 Å². The van der Waals surface area contributed by atoms with Crippen molar-refractivity contribution in [1.82, 2.24) is 30.2 Å². The predicted molar refractivity (Wildman–Crippen MR) is 120 cm³/mol. The minimum atomic E-state index is -0.575. The summed E-state index contributed by atoms with van der Waals surface area (Å²) in [5.74, 6) is 0.871. The van der Waals surface area contributed by atoms with Crippen LogP contribution in [-0.2, 0) is 29.0 Å². The summed E-state index contributed by atoms with van der Waals surface area (Å²) in [6.45, 7) is 9.87. The van der Waals surface area contributed by atoms with E-state index in [1.807, 2.05) is 44.2 Å². The zero-order chi connectivity index (χ0) is 23.3. The average molecular weight is 439 g/mol. The minimum absolute atomic E-state index is 0.0198. The van der Waals surface area contributed by atoms with Crippen molar-refractivity contribution in [2.75, 3.05) is 0 Å². The lowest BCUT2D eigenvalue weighted by Crippen LogP contribution is -2.32. The fourth-order valence-electron chi connectivity index (χ4n) is 3.28. The van der Waals surface area contributed by atoms with Gasteiger partial charge >= 0.3 is 6.09 Å². The first-order valence-corrected chi connectivity index (χ1v) is 10.6. The normalized spacial score (nSPS) is 11.4. The molecule has 3 aromatic rings. The van der Waals surface area contributed by atoms with Gasteiger partial charge in [0.2, 0.25) is 5.91 Å². The Labute approximate surface area is 187 Å². The molecule has 2 heterocycles. The summed E-state index contributed by atoms with van der Waals surface area (Å²) in [7, 11) is 0. The predicted octanol–water partition coefficient (Wildman–Crippen LogP) is 3.01. The van der Waals surface area contributed by atoms with E-state index >= 15 is 0 Å². The highest BCUT2D eigenvalue weighted by Crippen LogP contribution is 2.16. The first kappa shape index (κ1) is 23.2. The lowest BCUT2D eigenvalue weighted by atomic mass is 10.1. The van der Waals surface area contributed by atoms with Gasteiger partial charge in [-0.25, -0.2) is 14.3 Å². The molecular formula is C23H30N6O3. The van der Waals surface area contributed by atoms with Crippen LogP contribution in [0.1, 0.15) is 55.5 Å². The average Bonchev–Trinajstić information content (AvgIpc) is 3.13. The molecule has 0 aliphatic rings. The Bertz CT molecular complexity index is 1100. The van der Waals surface area contributed by atoms with Crippen molar-refractivity contribution in [2.24, 2.45) is 0 Å². The summed E-state index contributed by atoms with van der Waals surface area (Å²) < 4.78 is 6.88. The van der Waals surface area contributed by atoms with Crippen molar-refractivity contribution < 1.29 is 14.3 Å². The number of aromatic nitrogens is 4. The number of hydrogen-bond donors (Lipinski definition) is 2. The van der Waals surface area contributed by atoms with Crippen LogP contribution in [0, 0.1) is 13.8 Å². The number of carbonyl (C=O) groups excluding carboxylic acids is 2. The number of rotatable bonds is 7. The van der Waals surface area contributed by atoms with E-state index in [9.17, 15) is 9.59 Å². The van der Waals surface area contributed by atoms with Gasteiger partial charge in [-0.15, -0.1) is 5.10 Å². The second-order valence-electron chi connectivity index (χ2n) is 8.62. The molecule has 1 aromatic carbocycles. The van der Waals surface area contributed by atoms with E-state index in [0.29, 0.717) is 31.0 Å². The van der Waals surface area contributed by atoms with E-state index < -0.39 is 11.7 Å². The maximum atomic E-state index is 12.3. The molecule has 32 heavy (non-hydrogen) atoms. The standard InChI is InChI=1S/C23H30N6O3/c1-15-18(11-12-20(30)24-13-17-9-7-6-8-10-17)16(2)29-21(26-15)27-19(28-29)14-25-22(31)32-23(3,4)5/h6-10H,11-14H2,1-5H3,(H,24,30)(H,25,31). The van der Waals surface area contributed by atoms with Crippen LogP contribution in [0.4, 0.5) is 4.79 Å². The van der Waals surface area contributed by atoms with Gasteiger partial charge in [-0.05, 0) is 52.2 Å². The van der Waals surface area contributed by atoms with Crippen molar-refractivity contribution in [1.29, 1.82) is 0 Å². The molecule has 9 heteroatoms. The number of benzene rings is 1. The number of fused-ring (bicyclic) bond motifs is 1. The molecule has 2 amide bonds. The Balaban J connectivity index is 1.62. The highest BCUT2D eigenvalue weighted by atomic mass is 16.6. The summed E-state index contributed by atoms with van der Waals surface area (Å²) in [6, 6.07) is 9.80. The van der Waals surface area contributed by atoms with Crippen LogP contribution >= 0.6 is 0 Å². The van der Waals surface area contributed by atoms with Gasteiger partial charge in [0.1, 0.15) is 5.60 Å². The van der Waals surface area contributed by atoms with E-state index in [0.717, 1.165) is 22.5 Å². The summed E-state index contributed by atoms with van der Waals surface area (Å²) in [6.07, 6.45) is 0.371. The molecule has 0 saturated heterocycles. The molecule has 0 fully saturated rings. The first-order valence-electron chi connectivity index (χ1n) is 10.6. The fraction of sp³-hybridized carbons (Fsp3) is 0.435. The number of aryl methyl sites for hydroxylation is 2. The molecule has 0 aliphatic carbocycles. The molecular weight excluding hydrogens is 408 g/mol. The van der Waals surface area contributed by atoms with Crippen molar-refractivity contribution >= 4 is 17.8 Å². The smallest absolute Gasteiger partial charge is 0.408 e. The molecule has 0 saturated carbocycles. The van der Waals surface area contributed by atoms with Crippen LogP contribution in [-0.4, -0.2) is 37.2 Å². The topological polar surface area (TPSA) is 111 Å². The molecule has 0 spiro atoms. The zero-order valence-electron chi connectivity index (χ0n) is 19.2. The zero-order valence-corrected chi connectivity index (χ0v) is 19.2. The van der Waals surface area contributed by atoms with Crippen LogP contribution in [0.15, 0.2) is 30.3 Å². The highest BCUT2D eigenvalue weighted by molar-refractivity contribution is 5.76. The SMILES string of the molecule is Cc1nc2nc(CNC(=O)OC(C)(C)C)nn2c(C)c1CCC(=O)NCc1ccccc1. The van der Waals surface area contributed by atoms with E-state index in [-0.39, 0.29) is 12.5 Å². The lowest BCUT2D eigenvalue weighted by molar-refractivity contribution is -0.121. The third-order valence-corrected chi connectivity index (χ3v) is 4.82. The number of alkyl carbamates (subject to hydrolysis) is 1. The van der Waals surface area contributed by atoms with Crippen molar-refractivity contribution in [2.45, 2.75) is 66.2 Å². The Morgan fingerprint density at radius 1 is 1.03 bits per heavy atom. The molecule has 0 aliphatic heterocycles. The molecule has 0 bridgehead atoms. The number of carbonyl (C=O) groups is 2. The first-order chi connectivity index (χ1) is 15.1.